The third kappa shape index (κ3) is 4.20. The number of benzene rings is 1. The first-order valence-corrected chi connectivity index (χ1v) is 4.72. The van der Waals surface area contributed by atoms with E-state index < -0.39 is 0 Å². The number of carbonyl (C=O) groups is 1. The summed E-state index contributed by atoms with van der Waals surface area (Å²) in [5.74, 6) is 0. The summed E-state index contributed by atoms with van der Waals surface area (Å²) in [6, 6.07) is 7.54. The SMILES string of the molecule is O=C(S)NCCc1ccc(Cl)cc1. The van der Waals surface area contributed by atoms with Crippen LogP contribution in [0, 0.1) is 0 Å². The molecule has 0 aliphatic rings. The van der Waals surface area contributed by atoms with Gasteiger partial charge in [-0.25, -0.2) is 0 Å². The van der Waals surface area contributed by atoms with Gasteiger partial charge in [-0.2, -0.15) is 0 Å². The van der Waals surface area contributed by atoms with E-state index in [1.165, 1.54) is 0 Å². The molecule has 2 nitrogen and oxygen atoms in total. The Morgan fingerprint density at radius 2 is 2.00 bits per heavy atom. The summed E-state index contributed by atoms with van der Waals surface area (Å²) in [5.41, 5.74) is 1.14. The van der Waals surface area contributed by atoms with Crippen LogP contribution in [-0.4, -0.2) is 11.8 Å². The largest absolute Gasteiger partial charge is 0.347 e. The van der Waals surface area contributed by atoms with Gasteiger partial charge in [0, 0.05) is 11.6 Å². The molecule has 70 valence electrons. The lowest BCUT2D eigenvalue weighted by molar-refractivity contribution is 0.261. The Morgan fingerprint density at radius 3 is 2.54 bits per heavy atom. The molecule has 1 N–H and O–H groups in total. The molecule has 0 aliphatic carbocycles. The summed E-state index contributed by atoms with van der Waals surface area (Å²) in [7, 11) is 0. The van der Waals surface area contributed by atoms with Gasteiger partial charge in [-0.1, -0.05) is 36.4 Å². The summed E-state index contributed by atoms with van der Waals surface area (Å²) in [6.07, 6.45) is 0.795. The summed E-state index contributed by atoms with van der Waals surface area (Å²) < 4.78 is 0. The number of rotatable bonds is 3. The first kappa shape index (κ1) is 10.4. The molecular formula is C9H10ClNOS. The van der Waals surface area contributed by atoms with Gasteiger partial charge in [-0.05, 0) is 24.1 Å². The minimum atomic E-state index is -0.297. The van der Waals surface area contributed by atoms with Crippen LogP contribution in [0.4, 0.5) is 4.79 Å². The number of carbonyl (C=O) groups excluding carboxylic acids is 1. The molecule has 4 heteroatoms. The monoisotopic (exact) mass is 215 g/mol. The van der Waals surface area contributed by atoms with Gasteiger partial charge in [0.1, 0.15) is 0 Å². The Labute approximate surface area is 87.7 Å². The van der Waals surface area contributed by atoms with Crippen LogP contribution in [0.25, 0.3) is 0 Å². The Hall–Kier alpha value is -0.670. The number of hydrogen-bond acceptors (Lipinski definition) is 1. The quantitative estimate of drug-likeness (QED) is 0.746. The number of halogens is 1. The van der Waals surface area contributed by atoms with E-state index in [-0.39, 0.29) is 5.24 Å². The van der Waals surface area contributed by atoms with Gasteiger partial charge in [0.15, 0.2) is 0 Å². The van der Waals surface area contributed by atoms with Gasteiger partial charge in [0.05, 0.1) is 0 Å². The molecule has 0 fully saturated rings. The van der Waals surface area contributed by atoms with Crippen LogP contribution in [0.3, 0.4) is 0 Å². The zero-order valence-corrected chi connectivity index (χ0v) is 8.61. The molecule has 0 unspecified atom stereocenters. The molecule has 1 rings (SSSR count). The van der Waals surface area contributed by atoms with Crippen LogP contribution in [-0.2, 0) is 6.42 Å². The lowest BCUT2D eigenvalue weighted by Crippen LogP contribution is -2.19. The van der Waals surface area contributed by atoms with Crippen molar-refractivity contribution in [3.63, 3.8) is 0 Å². The number of thiol groups is 1. The van der Waals surface area contributed by atoms with Crippen molar-refractivity contribution in [2.75, 3.05) is 6.54 Å². The molecule has 1 aromatic carbocycles. The third-order valence-electron chi connectivity index (χ3n) is 1.60. The van der Waals surface area contributed by atoms with Crippen LogP contribution >= 0.6 is 24.2 Å². The van der Waals surface area contributed by atoms with E-state index >= 15 is 0 Å². The van der Waals surface area contributed by atoms with Gasteiger partial charge in [0.25, 0.3) is 5.24 Å². The first-order valence-electron chi connectivity index (χ1n) is 3.90. The van der Waals surface area contributed by atoms with Gasteiger partial charge < -0.3 is 5.32 Å². The minimum absolute atomic E-state index is 0.297. The van der Waals surface area contributed by atoms with E-state index in [1.54, 1.807) is 0 Å². The van der Waals surface area contributed by atoms with Crippen molar-refractivity contribution in [3.05, 3.63) is 34.9 Å². The Morgan fingerprint density at radius 1 is 1.38 bits per heavy atom. The maximum absolute atomic E-state index is 10.4. The van der Waals surface area contributed by atoms with Gasteiger partial charge >= 0.3 is 0 Å². The van der Waals surface area contributed by atoms with Gasteiger partial charge in [0.2, 0.25) is 0 Å². The second kappa shape index (κ2) is 5.14. The number of hydrogen-bond donors (Lipinski definition) is 2. The van der Waals surface area contributed by atoms with Crippen molar-refractivity contribution in [2.45, 2.75) is 6.42 Å². The molecule has 1 aromatic rings. The Bertz CT molecular complexity index is 286. The van der Waals surface area contributed by atoms with Gasteiger partial charge in [-0.15, -0.1) is 0 Å². The molecule has 1 amide bonds. The highest BCUT2D eigenvalue weighted by molar-refractivity contribution is 7.96. The molecule has 0 aliphatic heterocycles. The summed E-state index contributed by atoms with van der Waals surface area (Å²) in [5, 5.41) is 3.03. The van der Waals surface area contributed by atoms with Crippen molar-refractivity contribution in [2.24, 2.45) is 0 Å². The van der Waals surface area contributed by atoms with Crippen LogP contribution in [0.15, 0.2) is 24.3 Å². The third-order valence-corrected chi connectivity index (χ3v) is 2.01. The van der Waals surface area contributed by atoms with Crippen molar-refractivity contribution in [1.82, 2.24) is 5.32 Å². The fraction of sp³-hybridized carbons (Fsp3) is 0.222. The number of nitrogens with one attached hydrogen (secondary N) is 1. The molecule has 0 saturated carbocycles. The highest BCUT2D eigenvalue weighted by atomic mass is 35.5. The normalized spacial score (nSPS) is 9.69. The van der Waals surface area contributed by atoms with Crippen molar-refractivity contribution in [3.8, 4) is 0 Å². The minimum Gasteiger partial charge on any atom is -0.347 e. The highest BCUT2D eigenvalue weighted by Gasteiger charge is 1.94. The lowest BCUT2D eigenvalue weighted by Gasteiger charge is -2.01. The highest BCUT2D eigenvalue weighted by Crippen LogP contribution is 2.09. The van der Waals surface area contributed by atoms with E-state index in [0.717, 1.165) is 17.0 Å². The predicted octanol–water partition coefficient (Wildman–Crippen LogP) is 2.52. The van der Waals surface area contributed by atoms with Crippen molar-refractivity contribution in [1.29, 1.82) is 0 Å². The maximum atomic E-state index is 10.4. The molecule has 0 atom stereocenters. The second-order valence-electron chi connectivity index (χ2n) is 2.61. The standard InChI is InChI=1S/C9H10ClNOS/c10-8-3-1-7(2-4-8)5-6-11-9(12)13/h1-4H,5-6H2,(H2,11,12,13). The maximum Gasteiger partial charge on any atom is 0.275 e. The summed E-state index contributed by atoms with van der Waals surface area (Å²) in [4.78, 5) is 10.4. The Kier molecular flexibility index (Phi) is 4.12. The van der Waals surface area contributed by atoms with Gasteiger partial charge in [-0.3, -0.25) is 4.79 Å². The molecule has 0 heterocycles. The van der Waals surface area contributed by atoms with E-state index in [1.807, 2.05) is 24.3 Å². The van der Waals surface area contributed by atoms with Crippen molar-refractivity contribution < 1.29 is 4.79 Å². The molecule has 13 heavy (non-hydrogen) atoms. The molecule has 0 radical (unpaired) electrons. The fourth-order valence-corrected chi connectivity index (χ4v) is 1.20. The second-order valence-corrected chi connectivity index (χ2v) is 3.45. The summed E-state index contributed by atoms with van der Waals surface area (Å²) in [6.45, 7) is 0.601. The Balaban J connectivity index is 2.37. The fourth-order valence-electron chi connectivity index (χ4n) is 0.965. The number of amides is 1. The van der Waals surface area contributed by atoms with Crippen LogP contribution < -0.4 is 5.32 Å². The lowest BCUT2D eigenvalue weighted by atomic mass is 10.1. The zero-order valence-electron chi connectivity index (χ0n) is 6.96. The van der Waals surface area contributed by atoms with E-state index in [9.17, 15) is 4.79 Å². The topological polar surface area (TPSA) is 29.1 Å². The van der Waals surface area contributed by atoms with Crippen LogP contribution in [0.1, 0.15) is 5.56 Å². The summed E-state index contributed by atoms with van der Waals surface area (Å²) >= 11 is 9.30. The van der Waals surface area contributed by atoms with Crippen LogP contribution in [0.5, 0.6) is 0 Å². The van der Waals surface area contributed by atoms with E-state index in [2.05, 4.69) is 17.9 Å². The molecular weight excluding hydrogens is 206 g/mol. The first-order chi connectivity index (χ1) is 6.18. The van der Waals surface area contributed by atoms with Crippen molar-refractivity contribution >= 4 is 29.5 Å². The molecule has 0 spiro atoms. The predicted molar refractivity (Wildman–Crippen MR) is 57.5 cm³/mol. The molecule has 0 bridgehead atoms. The average Bonchev–Trinajstić information content (AvgIpc) is 2.08. The molecule has 0 saturated heterocycles. The van der Waals surface area contributed by atoms with E-state index in [4.69, 9.17) is 11.6 Å². The van der Waals surface area contributed by atoms with E-state index in [0.29, 0.717) is 6.54 Å². The molecule has 0 aromatic heterocycles. The van der Waals surface area contributed by atoms with Crippen LogP contribution in [0.2, 0.25) is 5.02 Å². The smallest absolute Gasteiger partial charge is 0.275 e. The average molecular weight is 216 g/mol. The zero-order chi connectivity index (χ0) is 9.68.